The van der Waals surface area contributed by atoms with Crippen molar-refractivity contribution in [2.75, 3.05) is 4.90 Å². The number of hydrogen-bond donors (Lipinski definition) is 0. The van der Waals surface area contributed by atoms with E-state index >= 15 is 0 Å². The van der Waals surface area contributed by atoms with Crippen molar-refractivity contribution in [3.05, 3.63) is 181 Å². The van der Waals surface area contributed by atoms with Crippen molar-refractivity contribution < 1.29 is 0 Å². The zero-order valence-corrected chi connectivity index (χ0v) is 30.4. The largest absolute Gasteiger partial charge is 0.309 e. The van der Waals surface area contributed by atoms with Crippen LogP contribution in [0.5, 0.6) is 0 Å². The van der Waals surface area contributed by atoms with Gasteiger partial charge >= 0.3 is 0 Å². The summed E-state index contributed by atoms with van der Waals surface area (Å²) in [5.41, 5.74) is 15.7. The molecule has 260 valence electrons. The van der Waals surface area contributed by atoms with Gasteiger partial charge in [-0.2, -0.15) is 0 Å². The lowest BCUT2D eigenvalue weighted by Gasteiger charge is -2.64. The molecule has 13 rings (SSSR count). The molecule has 2 nitrogen and oxygen atoms in total. The monoisotopic (exact) mass is 694 g/mol. The molecule has 0 saturated heterocycles. The van der Waals surface area contributed by atoms with Gasteiger partial charge in [0.05, 0.1) is 33.8 Å². The van der Waals surface area contributed by atoms with E-state index < -0.39 is 0 Å². The minimum atomic E-state index is 0.0885. The third-order valence-electron chi connectivity index (χ3n) is 14.0. The number of hydrogen-bond acceptors (Lipinski definition) is 1. The Kier molecular flexibility index (Phi) is 6.55. The van der Waals surface area contributed by atoms with Gasteiger partial charge in [0.2, 0.25) is 0 Å². The Morgan fingerprint density at radius 2 is 0.741 bits per heavy atom. The van der Waals surface area contributed by atoms with Crippen LogP contribution in [0.15, 0.2) is 170 Å². The Morgan fingerprint density at radius 3 is 1.28 bits per heavy atom. The lowest BCUT2D eigenvalue weighted by molar-refractivity contribution is -0.0419. The van der Waals surface area contributed by atoms with Crippen LogP contribution in [0, 0.1) is 23.7 Å². The first-order valence-corrected chi connectivity index (χ1v) is 20.0. The molecule has 0 atom stereocenters. The second-order valence-corrected chi connectivity index (χ2v) is 16.5. The fourth-order valence-electron chi connectivity index (χ4n) is 12.3. The van der Waals surface area contributed by atoms with Gasteiger partial charge in [-0.05, 0) is 114 Å². The molecule has 1 aromatic heterocycles. The van der Waals surface area contributed by atoms with Gasteiger partial charge in [-0.25, -0.2) is 0 Å². The van der Waals surface area contributed by atoms with Gasteiger partial charge in [0, 0.05) is 27.3 Å². The maximum absolute atomic E-state index is 2.62. The van der Waals surface area contributed by atoms with Gasteiger partial charge in [-0.15, -0.1) is 0 Å². The molecule has 2 heterocycles. The number of anilines is 3. The molecule has 4 bridgehead atoms. The first-order chi connectivity index (χ1) is 26.8. The number of fused-ring (bicyclic) bond motifs is 5. The van der Waals surface area contributed by atoms with Gasteiger partial charge in [0.1, 0.15) is 0 Å². The molecule has 54 heavy (non-hydrogen) atoms. The highest BCUT2D eigenvalue weighted by atomic mass is 15.2. The summed E-state index contributed by atoms with van der Waals surface area (Å²) in [7, 11) is 0. The summed E-state index contributed by atoms with van der Waals surface area (Å²) < 4.78 is 2.46. The van der Waals surface area contributed by atoms with Crippen molar-refractivity contribution in [2.45, 2.75) is 37.5 Å². The molecule has 0 N–H and O–H groups in total. The Bertz CT molecular complexity index is 2640. The van der Waals surface area contributed by atoms with E-state index in [1.165, 1.54) is 98.9 Å². The maximum Gasteiger partial charge on any atom is 0.0541 e. The van der Waals surface area contributed by atoms with Crippen molar-refractivity contribution in [1.29, 1.82) is 0 Å². The SMILES string of the molecule is c1ccc(-c2ccccc2-n2c3ccccc3c3ccccc32)c(-c2ccccc2N2c3ccccc3C3(c4ccccc42)C2CC4C[C@H](C2)C[C@H]3C4)c1. The van der Waals surface area contributed by atoms with Crippen molar-refractivity contribution in [3.63, 3.8) is 0 Å². The van der Waals surface area contributed by atoms with Gasteiger partial charge in [0.15, 0.2) is 0 Å². The van der Waals surface area contributed by atoms with E-state index in [2.05, 4.69) is 179 Å². The predicted molar refractivity (Wildman–Crippen MR) is 224 cm³/mol. The lowest BCUT2D eigenvalue weighted by atomic mass is 9.41. The second kappa shape index (κ2) is 11.6. The zero-order valence-electron chi connectivity index (χ0n) is 30.4. The van der Waals surface area contributed by atoms with E-state index in [4.69, 9.17) is 0 Å². The molecular weight excluding hydrogens is 653 g/mol. The Morgan fingerprint density at radius 1 is 0.352 bits per heavy atom. The average Bonchev–Trinajstić information content (AvgIpc) is 3.56. The normalized spacial score (nSPS) is 21.8. The Labute approximate surface area is 317 Å². The van der Waals surface area contributed by atoms with Gasteiger partial charge in [-0.1, -0.05) is 133 Å². The van der Waals surface area contributed by atoms with E-state index in [-0.39, 0.29) is 5.41 Å². The number of rotatable bonds is 4. The molecular formula is C52H42N2. The average molecular weight is 695 g/mol. The summed E-state index contributed by atoms with van der Waals surface area (Å²) in [4.78, 5) is 2.62. The van der Waals surface area contributed by atoms with Crippen LogP contribution in [0.25, 0.3) is 49.7 Å². The number of nitrogens with zero attached hydrogens (tertiary/aromatic N) is 2. The van der Waals surface area contributed by atoms with Crippen LogP contribution in [0.4, 0.5) is 17.1 Å². The molecule has 1 spiro atoms. The molecule has 0 radical (unpaired) electrons. The van der Waals surface area contributed by atoms with E-state index in [1.54, 1.807) is 11.1 Å². The maximum atomic E-state index is 2.62. The van der Waals surface area contributed by atoms with Gasteiger partial charge < -0.3 is 9.47 Å². The van der Waals surface area contributed by atoms with Crippen LogP contribution in [0.2, 0.25) is 0 Å². The quantitative estimate of drug-likeness (QED) is 0.178. The first kappa shape index (κ1) is 30.6. The van der Waals surface area contributed by atoms with Crippen LogP contribution in [-0.4, -0.2) is 4.57 Å². The standard InChI is InChI=1S/C52H42N2/c1-2-16-39(38(15-1)40-17-3-9-23-46(40)53-48-25-11-5-19-42(48)43-20-6-12-26-49(43)53)41-18-4-10-24-47(41)54-50-27-13-7-21-44(50)52(45-22-8-14-28-51(45)54)36-30-34-29-35(32-36)33-37(52)31-34/h1-28,34-37H,29-33H2/t34-,35?,36-,37?/m0/s1. The Hall–Kier alpha value is -5.86. The van der Waals surface area contributed by atoms with Crippen molar-refractivity contribution in [3.8, 4) is 27.9 Å². The summed E-state index contributed by atoms with van der Waals surface area (Å²) in [6.07, 6.45) is 6.98. The molecule has 4 aliphatic carbocycles. The number of benzene rings is 7. The Balaban J connectivity index is 1.07. The molecule has 7 aromatic carbocycles. The third-order valence-corrected chi connectivity index (χ3v) is 14.0. The molecule has 0 amide bonds. The topological polar surface area (TPSA) is 8.17 Å². The summed E-state index contributed by atoms with van der Waals surface area (Å²) in [6, 6.07) is 63.8. The van der Waals surface area contributed by atoms with Crippen LogP contribution in [0.3, 0.4) is 0 Å². The minimum absolute atomic E-state index is 0.0885. The van der Waals surface area contributed by atoms with Gasteiger partial charge in [0.25, 0.3) is 0 Å². The van der Waals surface area contributed by atoms with Crippen LogP contribution >= 0.6 is 0 Å². The third kappa shape index (κ3) is 4.12. The summed E-state index contributed by atoms with van der Waals surface area (Å²) in [5.74, 6) is 3.26. The number of aromatic nitrogens is 1. The highest BCUT2D eigenvalue weighted by Gasteiger charge is 2.61. The molecule has 1 aliphatic heterocycles. The van der Waals surface area contributed by atoms with Gasteiger partial charge in [-0.3, -0.25) is 0 Å². The van der Waals surface area contributed by atoms with E-state index in [9.17, 15) is 0 Å². The lowest BCUT2D eigenvalue weighted by Crippen LogP contribution is -2.57. The fourth-order valence-corrected chi connectivity index (χ4v) is 12.3. The first-order valence-electron chi connectivity index (χ1n) is 20.0. The second-order valence-electron chi connectivity index (χ2n) is 16.5. The van der Waals surface area contributed by atoms with Crippen molar-refractivity contribution in [2.24, 2.45) is 23.7 Å². The summed E-state index contributed by atoms with van der Waals surface area (Å²) in [5, 5.41) is 2.56. The molecule has 2 heteroatoms. The summed E-state index contributed by atoms with van der Waals surface area (Å²) >= 11 is 0. The molecule has 8 aromatic rings. The van der Waals surface area contributed by atoms with E-state index in [0.29, 0.717) is 11.8 Å². The predicted octanol–water partition coefficient (Wildman–Crippen LogP) is 13.6. The van der Waals surface area contributed by atoms with Crippen molar-refractivity contribution in [1.82, 2.24) is 4.57 Å². The highest BCUT2D eigenvalue weighted by molar-refractivity contribution is 6.10. The molecule has 4 saturated carbocycles. The molecule has 0 unspecified atom stereocenters. The zero-order chi connectivity index (χ0) is 35.4. The smallest absolute Gasteiger partial charge is 0.0541 e. The minimum Gasteiger partial charge on any atom is -0.309 e. The van der Waals surface area contributed by atoms with E-state index in [0.717, 1.165) is 11.8 Å². The molecule has 4 fully saturated rings. The number of para-hydroxylation sites is 6. The highest BCUT2D eigenvalue weighted by Crippen LogP contribution is 2.69. The van der Waals surface area contributed by atoms with Crippen LogP contribution < -0.4 is 4.90 Å². The van der Waals surface area contributed by atoms with E-state index in [1.807, 2.05) is 0 Å². The van der Waals surface area contributed by atoms with Crippen LogP contribution in [0.1, 0.15) is 43.2 Å². The van der Waals surface area contributed by atoms with Crippen LogP contribution in [-0.2, 0) is 5.41 Å². The molecule has 5 aliphatic rings. The van der Waals surface area contributed by atoms with Crippen molar-refractivity contribution >= 4 is 38.9 Å². The summed E-state index contributed by atoms with van der Waals surface area (Å²) in [6.45, 7) is 0. The fraction of sp³-hybridized carbons (Fsp3) is 0.192.